The van der Waals surface area contributed by atoms with Crippen molar-refractivity contribution in [2.24, 2.45) is 0 Å². The van der Waals surface area contributed by atoms with Crippen LogP contribution >= 0.6 is 15.9 Å². The molecule has 0 radical (unpaired) electrons. The molecule has 0 fully saturated rings. The van der Waals surface area contributed by atoms with Crippen LogP contribution in [0.4, 0.5) is 11.4 Å². The summed E-state index contributed by atoms with van der Waals surface area (Å²) in [5.74, 6) is 0.806. The monoisotopic (exact) mass is 310 g/mol. The molecule has 0 aliphatic carbocycles. The highest BCUT2D eigenvalue weighted by molar-refractivity contribution is 9.10. The lowest BCUT2D eigenvalue weighted by molar-refractivity contribution is -0.384. The number of imidazole rings is 1. The van der Waals surface area contributed by atoms with Crippen LogP contribution in [0.25, 0.3) is 0 Å². The summed E-state index contributed by atoms with van der Waals surface area (Å²) in [6.45, 7) is 1.95. The number of aromatic amines is 1. The minimum absolute atomic E-state index is 0.0160. The second-order valence-electron chi connectivity index (χ2n) is 3.76. The van der Waals surface area contributed by atoms with Gasteiger partial charge in [-0.3, -0.25) is 10.1 Å². The second kappa shape index (κ2) is 5.18. The Morgan fingerprint density at radius 3 is 2.89 bits per heavy atom. The lowest BCUT2D eigenvalue weighted by Crippen LogP contribution is -2.08. The van der Waals surface area contributed by atoms with Crippen LogP contribution in [-0.4, -0.2) is 14.9 Å². The second-order valence-corrected chi connectivity index (χ2v) is 4.62. The number of nitro groups is 1. The number of nitrogens with one attached hydrogen (secondary N) is 2. The average Bonchev–Trinajstić information content (AvgIpc) is 2.85. The molecule has 0 saturated heterocycles. The maximum absolute atomic E-state index is 10.6. The normalized spacial score (nSPS) is 12.1. The van der Waals surface area contributed by atoms with Crippen molar-refractivity contribution in [2.75, 3.05) is 5.32 Å². The Labute approximate surface area is 112 Å². The fraction of sp³-hybridized carbons (Fsp3) is 0.182. The molecule has 2 aromatic rings. The van der Waals surface area contributed by atoms with E-state index in [1.165, 1.54) is 12.1 Å². The molecule has 0 saturated carbocycles. The van der Waals surface area contributed by atoms with Crippen molar-refractivity contribution in [3.63, 3.8) is 0 Å². The van der Waals surface area contributed by atoms with Gasteiger partial charge in [-0.1, -0.05) is 0 Å². The topological polar surface area (TPSA) is 83.8 Å². The number of hydrogen-bond acceptors (Lipinski definition) is 4. The van der Waals surface area contributed by atoms with E-state index in [4.69, 9.17) is 0 Å². The standard InChI is InChI=1S/C11H11BrN4O2/c1-7(11-13-4-5-14-11)15-10-3-2-8(16(17)18)6-9(10)12/h2-7,15H,1H3,(H,13,14). The lowest BCUT2D eigenvalue weighted by atomic mass is 10.2. The first kappa shape index (κ1) is 12.6. The van der Waals surface area contributed by atoms with Gasteiger partial charge in [0.05, 0.1) is 11.0 Å². The van der Waals surface area contributed by atoms with Crippen molar-refractivity contribution in [1.29, 1.82) is 0 Å². The molecule has 0 bridgehead atoms. The van der Waals surface area contributed by atoms with Crippen molar-refractivity contribution in [3.8, 4) is 0 Å². The van der Waals surface area contributed by atoms with Gasteiger partial charge in [-0.15, -0.1) is 0 Å². The van der Waals surface area contributed by atoms with E-state index in [1.54, 1.807) is 18.5 Å². The van der Waals surface area contributed by atoms with Crippen LogP contribution in [0.1, 0.15) is 18.8 Å². The number of rotatable bonds is 4. The third kappa shape index (κ3) is 2.67. The highest BCUT2D eigenvalue weighted by Crippen LogP contribution is 2.29. The molecule has 2 rings (SSSR count). The fourth-order valence-corrected chi connectivity index (χ4v) is 2.03. The zero-order chi connectivity index (χ0) is 13.1. The Balaban J connectivity index is 2.17. The summed E-state index contributed by atoms with van der Waals surface area (Å²) in [5.41, 5.74) is 0.836. The van der Waals surface area contributed by atoms with E-state index >= 15 is 0 Å². The van der Waals surface area contributed by atoms with E-state index in [-0.39, 0.29) is 11.7 Å². The van der Waals surface area contributed by atoms with Crippen LogP contribution in [0.15, 0.2) is 35.1 Å². The van der Waals surface area contributed by atoms with Crippen molar-refractivity contribution in [3.05, 3.63) is 51.0 Å². The number of nitrogens with zero attached hydrogens (tertiary/aromatic N) is 2. The van der Waals surface area contributed by atoms with Crippen LogP contribution in [0.2, 0.25) is 0 Å². The summed E-state index contributed by atoms with van der Waals surface area (Å²) in [4.78, 5) is 17.4. The van der Waals surface area contributed by atoms with Gasteiger partial charge in [-0.25, -0.2) is 4.98 Å². The van der Waals surface area contributed by atoms with Crippen molar-refractivity contribution < 1.29 is 4.92 Å². The zero-order valence-electron chi connectivity index (χ0n) is 9.55. The SMILES string of the molecule is CC(Nc1ccc([N+](=O)[O-])cc1Br)c1ncc[nH]1. The zero-order valence-corrected chi connectivity index (χ0v) is 11.1. The number of H-pyrrole nitrogens is 1. The molecule has 6 nitrogen and oxygen atoms in total. The Kier molecular flexibility index (Phi) is 3.61. The predicted octanol–water partition coefficient (Wildman–Crippen LogP) is 3.25. The molecule has 1 atom stereocenters. The predicted molar refractivity (Wildman–Crippen MR) is 71.4 cm³/mol. The van der Waals surface area contributed by atoms with Crippen molar-refractivity contribution in [1.82, 2.24) is 9.97 Å². The average molecular weight is 311 g/mol. The number of anilines is 1. The highest BCUT2D eigenvalue weighted by atomic mass is 79.9. The highest BCUT2D eigenvalue weighted by Gasteiger charge is 2.12. The van der Waals surface area contributed by atoms with Gasteiger partial charge in [0.15, 0.2) is 0 Å². The van der Waals surface area contributed by atoms with E-state index < -0.39 is 4.92 Å². The molecule has 1 unspecified atom stereocenters. The summed E-state index contributed by atoms with van der Waals surface area (Å²) >= 11 is 3.31. The van der Waals surface area contributed by atoms with Crippen LogP contribution < -0.4 is 5.32 Å². The largest absolute Gasteiger partial charge is 0.374 e. The summed E-state index contributed by atoms with van der Waals surface area (Å²) in [5, 5.41) is 13.8. The number of nitro benzene ring substituents is 1. The first-order valence-electron chi connectivity index (χ1n) is 5.27. The third-order valence-corrected chi connectivity index (χ3v) is 3.12. The summed E-state index contributed by atoms with van der Waals surface area (Å²) in [7, 11) is 0. The van der Waals surface area contributed by atoms with Crippen LogP contribution in [0, 0.1) is 10.1 Å². The van der Waals surface area contributed by atoms with Gasteiger partial charge in [-0.2, -0.15) is 0 Å². The molecular weight excluding hydrogens is 300 g/mol. The van der Waals surface area contributed by atoms with E-state index in [0.29, 0.717) is 4.47 Å². The summed E-state index contributed by atoms with van der Waals surface area (Å²) in [6.07, 6.45) is 3.43. The number of aromatic nitrogens is 2. The van der Waals surface area contributed by atoms with E-state index in [9.17, 15) is 10.1 Å². The van der Waals surface area contributed by atoms with Gasteiger partial charge in [-0.05, 0) is 28.9 Å². The Morgan fingerprint density at radius 1 is 1.56 bits per heavy atom. The maximum atomic E-state index is 10.6. The molecule has 0 amide bonds. The van der Waals surface area contributed by atoms with Gasteiger partial charge in [0, 0.05) is 34.7 Å². The maximum Gasteiger partial charge on any atom is 0.270 e. The quantitative estimate of drug-likeness (QED) is 0.670. The number of non-ortho nitro benzene ring substituents is 1. The molecule has 0 aliphatic heterocycles. The molecule has 1 aromatic heterocycles. The minimum atomic E-state index is -0.426. The van der Waals surface area contributed by atoms with E-state index in [1.807, 2.05) is 6.92 Å². The summed E-state index contributed by atoms with van der Waals surface area (Å²) in [6, 6.07) is 4.58. The first-order valence-corrected chi connectivity index (χ1v) is 6.07. The summed E-state index contributed by atoms with van der Waals surface area (Å²) < 4.78 is 0.648. The molecule has 1 aromatic carbocycles. The van der Waals surface area contributed by atoms with Gasteiger partial charge in [0.1, 0.15) is 5.82 Å². The van der Waals surface area contributed by atoms with Gasteiger partial charge in [0.25, 0.3) is 5.69 Å². The van der Waals surface area contributed by atoms with Crippen molar-refractivity contribution >= 4 is 27.3 Å². The van der Waals surface area contributed by atoms with Crippen LogP contribution in [0.3, 0.4) is 0 Å². The fourth-order valence-electron chi connectivity index (χ4n) is 1.55. The number of benzene rings is 1. The molecular formula is C11H11BrN4O2. The molecule has 1 heterocycles. The molecule has 18 heavy (non-hydrogen) atoms. The molecule has 7 heteroatoms. The lowest BCUT2D eigenvalue weighted by Gasteiger charge is -2.14. The molecule has 94 valence electrons. The Hall–Kier alpha value is -1.89. The number of hydrogen-bond donors (Lipinski definition) is 2. The minimum Gasteiger partial charge on any atom is -0.374 e. The number of halogens is 1. The van der Waals surface area contributed by atoms with Gasteiger partial charge < -0.3 is 10.3 Å². The smallest absolute Gasteiger partial charge is 0.270 e. The Morgan fingerprint density at radius 2 is 2.33 bits per heavy atom. The molecule has 0 spiro atoms. The molecule has 0 aliphatic rings. The van der Waals surface area contributed by atoms with Crippen LogP contribution in [0.5, 0.6) is 0 Å². The Bertz CT molecular complexity index is 556. The van der Waals surface area contributed by atoms with Gasteiger partial charge in [0.2, 0.25) is 0 Å². The van der Waals surface area contributed by atoms with Crippen molar-refractivity contribution in [2.45, 2.75) is 13.0 Å². The first-order chi connectivity index (χ1) is 8.58. The third-order valence-electron chi connectivity index (χ3n) is 2.47. The van der Waals surface area contributed by atoms with Gasteiger partial charge >= 0.3 is 0 Å². The van der Waals surface area contributed by atoms with E-state index in [2.05, 4.69) is 31.2 Å². The van der Waals surface area contributed by atoms with Crippen LogP contribution in [-0.2, 0) is 0 Å². The van der Waals surface area contributed by atoms with E-state index in [0.717, 1.165) is 11.5 Å². The molecule has 2 N–H and O–H groups in total.